The van der Waals surface area contributed by atoms with Gasteiger partial charge < -0.3 is 19.1 Å². The van der Waals surface area contributed by atoms with Crippen molar-refractivity contribution in [3.05, 3.63) is 86.2 Å². The molecule has 1 aliphatic heterocycles. The van der Waals surface area contributed by atoms with Crippen molar-refractivity contribution in [1.82, 2.24) is 14.5 Å². The van der Waals surface area contributed by atoms with Crippen molar-refractivity contribution in [3.8, 4) is 16.9 Å². The van der Waals surface area contributed by atoms with E-state index in [1.807, 2.05) is 52.0 Å². The second-order valence-corrected chi connectivity index (χ2v) is 12.0. The molecule has 8 nitrogen and oxygen atoms in total. The SMILES string of the molecule is Cc1cc2c(ccc(=O)n2Cc2cncs2)c(-c2ccc3c4c(ccnc24)CCO3)c1[C@H](OC(C)(C)C)C(=O)O. The first kappa shape index (κ1) is 26.2. The fourth-order valence-electron chi connectivity index (χ4n) is 5.54. The van der Waals surface area contributed by atoms with Crippen LogP contribution in [0.25, 0.3) is 32.9 Å². The molecule has 0 saturated carbocycles. The highest BCUT2D eigenvalue weighted by molar-refractivity contribution is 7.09. The number of rotatable bonds is 6. The summed E-state index contributed by atoms with van der Waals surface area (Å²) in [7, 11) is 0. The van der Waals surface area contributed by atoms with Crippen LogP contribution in [-0.2, 0) is 22.5 Å². The second kappa shape index (κ2) is 9.83. The maximum atomic E-state index is 13.2. The van der Waals surface area contributed by atoms with Crippen molar-refractivity contribution in [2.45, 2.75) is 52.4 Å². The molecule has 0 bridgehead atoms. The van der Waals surface area contributed by atoms with Crippen molar-refractivity contribution < 1.29 is 19.4 Å². The van der Waals surface area contributed by atoms with E-state index in [0.717, 1.165) is 44.5 Å². The van der Waals surface area contributed by atoms with Crippen LogP contribution in [0.5, 0.6) is 5.75 Å². The predicted molar refractivity (Wildman–Crippen MR) is 155 cm³/mol. The van der Waals surface area contributed by atoms with Crippen molar-refractivity contribution in [3.63, 3.8) is 0 Å². The molecule has 40 heavy (non-hydrogen) atoms. The lowest BCUT2D eigenvalue weighted by Gasteiger charge is -2.29. The van der Waals surface area contributed by atoms with E-state index in [0.29, 0.717) is 35.4 Å². The number of hydrogen-bond acceptors (Lipinski definition) is 7. The average Bonchev–Trinajstić information content (AvgIpc) is 3.42. The second-order valence-electron chi connectivity index (χ2n) is 11.0. The number of carboxylic acids is 1. The molecule has 0 fully saturated rings. The van der Waals surface area contributed by atoms with Gasteiger partial charge in [0.15, 0.2) is 6.10 Å². The quantitative estimate of drug-likeness (QED) is 0.278. The van der Waals surface area contributed by atoms with Crippen molar-refractivity contribution in [1.29, 1.82) is 0 Å². The lowest BCUT2D eigenvalue weighted by molar-refractivity contribution is -0.160. The average molecular weight is 556 g/mol. The summed E-state index contributed by atoms with van der Waals surface area (Å²) in [5.74, 6) is -0.329. The molecule has 2 aromatic carbocycles. The predicted octanol–water partition coefficient (Wildman–Crippen LogP) is 5.91. The highest BCUT2D eigenvalue weighted by Gasteiger charge is 2.33. The third kappa shape index (κ3) is 4.55. The van der Waals surface area contributed by atoms with E-state index < -0.39 is 17.7 Å². The maximum absolute atomic E-state index is 13.2. The molecule has 0 aliphatic carbocycles. The molecule has 6 rings (SSSR count). The maximum Gasteiger partial charge on any atom is 0.337 e. The van der Waals surface area contributed by atoms with Crippen LogP contribution in [0.1, 0.15) is 48.4 Å². The van der Waals surface area contributed by atoms with E-state index in [1.54, 1.807) is 28.5 Å². The Hall–Kier alpha value is -4.08. The zero-order valence-electron chi connectivity index (χ0n) is 22.7. The van der Waals surface area contributed by atoms with Gasteiger partial charge in [0.25, 0.3) is 5.56 Å². The summed E-state index contributed by atoms with van der Waals surface area (Å²) < 4.78 is 13.9. The summed E-state index contributed by atoms with van der Waals surface area (Å²) in [6, 6.07) is 11.1. The number of aliphatic carboxylic acids is 1. The van der Waals surface area contributed by atoms with Gasteiger partial charge in [-0.05, 0) is 74.7 Å². The fraction of sp³-hybridized carbons (Fsp3) is 0.290. The number of fused-ring (bicyclic) bond motifs is 1. The summed E-state index contributed by atoms with van der Waals surface area (Å²) >= 11 is 1.48. The number of pyridine rings is 2. The number of benzene rings is 2. The van der Waals surface area contributed by atoms with Gasteiger partial charge in [0.05, 0.1) is 35.3 Å². The van der Waals surface area contributed by atoms with Crippen LogP contribution >= 0.6 is 11.3 Å². The number of ether oxygens (including phenoxy) is 2. The van der Waals surface area contributed by atoms with Crippen LogP contribution in [0.15, 0.2) is 59.1 Å². The molecule has 1 N–H and O–H groups in total. The van der Waals surface area contributed by atoms with Gasteiger partial charge in [-0.1, -0.05) is 0 Å². The van der Waals surface area contributed by atoms with E-state index >= 15 is 0 Å². The summed E-state index contributed by atoms with van der Waals surface area (Å²) in [5, 5.41) is 12.1. The normalized spacial score (nSPS) is 13.9. The number of nitrogens with zero attached hydrogens (tertiary/aromatic N) is 3. The lowest BCUT2D eigenvalue weighted by atomic mass is 9.86. The van der Waals surface area contributed by atoms with E-state index in [4.69, 9.17) is 14.5 Å². The molecule has 9 heteroatoms. The highest BCUT2D eigenvalue weighted by atomic mass is 32.1. The first-order valence-corrected chi connectivity index (χ1v) is 14.0. The molecule has 1 atom stereocenters. The van der Waals surface area contributed by atoms with Crippen molar-refractivity contribution in [2.24, 2.45) is 0 Å². The molecule has 4 heterocycles. The monoisotopic (exact) mass is 555 g/mol. The molecule has 0 amide bonds. The third-order valence-corrected chi connectivity index (χ3v) is 7.90. The molecule has 5 aromatic rings. The van der Waals surface area contributed by atoms with E-state index in [-0.39, 0.29) is 5.56 Å². The van der Waals surface area contributed by atoms with E-state index in [1.165, 1.54) is 17.4 Å². The summed E-state index contributed by atoms with van der Waals surface area (Å²) in [6.07, 6.45) is 3.05. The van der Waals surface area contributed by atoms with Crippen LogP contribution in [0.3, 0.4) is 0 Å². The van der Waals surface area contributed by atoms with Gasteiger partial charge in [0.2, 0.25) is 0 Å². The third-order valence-electron chi connectivity index (χ3n) is 7.14. The van der Waals surface area contributed by atoms with Gasteiger partial charge >= 0.3 is 5.97 Å². The molecule has 0 spiro atoms. The Labute approximate surface area is 234 Å². The fourth-order valence-corrected chi connectivity index (χ4v) is 6.13. The van der Waals surface area contributed by atoms with Crippen molar-refractivity contribution >= 4 is 39.1 Å². The first-order valence-electron chi connectivity index (χ1n) is 13.1. The number of carboxylic acid groups (broad SMARTS) is 1. The van der Waals surface area contributed by atoms with Crippen LogP contribution < -0.4 is 10.3 Å². The minimum absolute atomic E-state index is 0.150. The lowest BCUT2D eigenvalue weighted by Crippen LogP contribution is -2.28. The van der Waals surface area contributed by atoms with Gasteiger partial charge in [-0.2, -0.15) is 0 Å². The molecule has 204 valence electrons. The molecule has 0 saturated heterocycles. The van der Waals surface area contributed by atoms with Crippen LogP contribution in [0, 0.1) is 6.92 Å². The van der Waals surface area contributed by atoms with Gasteiger partial charge in [0, 0.05) is 51.7 Å². The minimum atomic E-state index is -1.25. The number of carbonyl (C=O) groups is 1. The number of aromatic nitrogens is 3. The summed E-state index contributed by atoms with van der Waals surface area (Å²) in [5.41, 5.74) is 6.13. The molecular weight excluding hydrogens is 526 g/mol. The number of aryl methyl sites for hydroxylation is 1. The van der Waals surface area contributed by atoms with Gasteiger partial charge in [-0.15, -0.1) is 11.3 Å². The smallest absolute Gasteiger partial charge is 0.337 e. The molecule has 3 aromatic heterocycles. The zero-order chi connectivity index (χ0) is 28.2. The largest absolute Gasteiger partial charge is 0.493 e. The topological polar surface area (TPSA) is 104 Å². The summed E-state index contributed by atoms with van der Waals surface area (Å²) in [6.45, 7) is 8.34. The van der Waals surface area contributed by atoms with Crippen LogP contribution in [0.4, 0.5) is 0 Å². The van der Waals surface area contributed by atoms with Crippen LogP contribution in [0.2, 0.25) is 0 Å². The Morgan fingerprint density at radius 2 is 2.05 bits per heavy atom. The Balaban J connectivity index is 1.74. The Bertz CT molecular complexity index is 1830. The van der Waals surface area contributed by atoms with Gasteiger partial charge in [0.1, 0.15) is 5.75 Å². The molecule has 0 radical (unpaired) electrons. The van der Waals surface area contributed by atoms with Gasteiger partial charge in [-0.25, -0.2) is 4.79 Å². The van der Waals surface area contributed by atoms with E-state index in [9.17, 15) is 14.7 Å². The first-order chi connectivity index (χ1) is 19.1. The van der Waals surface area contributed by atoms with Crippen LogP contribution in [-0.4, -0.2) is 37.8 Å². The minimum Gasteiger partial charge on any atom is -0.493 e. The van der Waals surface area contributed by atoms with Crippen molar-refractivity contribution in [2.75, 3.05) is 6.61 Å². The number of thiazole rings is 1. The summed E-state index contributed by atoms with van der Waals surface area (Å²) in [4.78, 5) is 35.9. The Morgan fingerprint density at radius 1 is 1.23 bits per heavy atom. The highest BCUT2D eigenvalue weighted by Crippen LogP contribution is 2.45. The molecular formula is C31H29N3O5S. The van der Waals surface area contributed by atoms with E-state index in [2.05, 4.69) is 4.98 Å². The number of hydrogen-bond donors (Lipinski definition) is 1. The molecule has 1 aliphatic rings. The molecule has 0 unspecified atom stereocenters. The Kier molecular flexibility index (Phi) is 6.43. The standard InChI is InChI=1S/C31H29N3O5S/c1-17-13-22-20(6-8-24(35)34(22)15-19-14-32-16-40-19)27(25(17)29(30(36)37)39-31(2,3)4)21-5-7-23-26-18(10-12-38-23)9-11-33-28(21)26/h5-9,11,13-14,16,29H,10,12,15H2,1-4H3,(H,36,37)/t29-/m0/s1. The zero-order valence-corrected chi connectivity index (χ0v) is 23.5. The van der Waals surface area contributed by atoms with Gasteiger partial charge in [-0.3, -0.25) is 14.8 Å². The Morgan fingerprint density at radius 3 is 2.77 bits per heavy atom.